The van der Waals surface area contributed by atoms with Gasteiger partial charge in [-0.15, -0.1) is 0 Å². The van der Waals surface area contributed by atoms with Crippen molar-refractivity contribution in [1.29, 1.82) is 0 Å². The highest BCUT2D eigenvalue weighted by Crippen LogP contribution is 2.57. The molecule has 11 rings (SSSR count). The molecule has 56 heavy (non-hydrogen) atoms. The predicted molar refractivity (Wildman–Crippen MR) is 238 cm³/mol. The maximum absolute atomic E-state index is 2.54. The van der Waals surface area contributed by atoms with Crippen LogP contribution in [-0.4, -0.2) is 0 Å². The summed E-state index contributed by atoms with van der Waals surface area (Å²) in [6.45, 7) is 9.68. The lowest BCUT2D eigenvalue weighted by Gasteiger charge is -2.25. The van der Waals surface area contributed by atoms with Gasteiger partial charge in [0, 0.05) is 10.8 Å². The Balaban J connectivity index is 1.04. The Morgan fingerprint density at radius 2 is 0.696 bits per heavy atom. The van der Waals surface area contributed by atoms with Gasteiger partial charge in [0.15, 0.2) is 0 Å². The highest BCUT2D eigenvalue weighted by Gasteiger charge is 2.42. The highest BCUT2D eigenvalue weighted by atomic mass is 14.4. The second-order valence-corrected chi connectivity index (χ2v) is 16.9. The third kappa shape index (κ3) is 4.79. The molecule has 0 fully saturated rings. The van der Waals surface area contributed by atoms with Gasteiger partial charge < -0.3 is 0 Å². The van der Waals surface area contributed by atoms with Gasteiger partial charge in [0.25, 0.3) is 0 Å². The van der Waals surface area contributed by atoms with Crippen molar-refractivity contribution in [3.8, 4) is 66.8 Å². The Morgan fingerprint density at radius 1 is 0.268 bits per heavy atom. The van der Waals surface area contributed by atoms with Gasteiger partial charge in [-0.05, 0) is 147 Å². The smallest absolute Gasteiger partial charge is 0.0159 e. The SMILES string of the molecule is CC1(C)c2cc(-c3cc4ccccc4cc3-c3ccccc3)ccc2-c2cc3c(cc21)-c1ccc(-c2c(-c4ccccc4)ccc4ccccc24)cc1C3(C)C. The molecule has 0 N–H and O–H groups in total. The molecule has 0 spiro atoms. The minimum Gasteiger partial charge on any atom is -0.0622 e. The van der Waals surface area contributed by atoms with Crippen molar-refractivity contribution in [3.05, 3.63) is 204 Å². The summed E-state index contributed by atoms with van der Waals surface area (Å²) in [6, 6.07) is 68.1. The lowest BCUT2D eigenvalue weighted by atomic mass is 9.78. The zero-order chi connectivity index (χ0) is 37.8. The first-order chi connectivity index (χ1) is 27.3. The molecule has 0 saturated heterocycles. The fourth-order valence-electron chi connectivity index (χ4n) is 10.1. The van der Waals surface area contributed by atoms with E-state index in [2.05, 4.69) is 210 Å². The Labute approximate surface area is 329 Å². The monoisotopic (exact) mass is 714 g/mol. The maximum atomic E-state index is 2.54. The Kier molecular flexibility index (Phi) is 7.05. The van der Waals surface area contributed by atoms with Crippen LogP contribution in [-0.2, 0) is 10.8 Å². The molecule has 0 atom stereocenters. The van der Waals surface area contributed by atoms with Crippen molar-refractivity contribution in [1.82, 2.24) is 0 Å². The van der Waals surface area contributed by atoms with Gasteiger partial charge in [-0.2, -0.15) is 0 Å². The zero-order valence-corrected chi connectivity index (χ0v) is 32.3. The fourth-order valence-corrected chi connectivity index (χ4v) is 10.1. The standard InChI is InChI=1S/C56H42/c1-55(2)50-31-40(47-30-39-21-12-11-20-38(39)29-46(47)36-17-9-6-10-18-36)24-27-44(50)48-33-53-49(34-52(48)55)45-28-25-41(32-51(45)56(53,3)4)54-42-22-14-13-19-37(42)23-26-43(54)35-15-7-5-8-16-35/h5-34H,1-4H3. The average molecular weight is 715 g/mol. The van der Waals surface area contributed by atoms with E-state index >= 15 is 0 Å². The van der Waals surface area contributed by atoms with E-state index in [9.17, 15) is 0 Å². The second kappa shape index (κ2) is 12.0. The molecule has 0 heteroatoms. The topological polar surface area (TPSA) is 0 Å². The molecule has 0 amide bonds. The molecule has 9 aromatic rings. The van der Waals surface area contributed by atoms with Crippen LogP contribution in [0, 0.1) is 0 Å². The maximum Gasteiger partial charge on any atom is 0.0159 e. The summed E-state index contributed by atoms with van der Waals surface area (Å²) in [5.74, 6) is 0. The molecular weight excluding hydrogens is 673 g/mol. The summed E-state index contributed by atoms with van der Waals surface area (Å²) < 4.78 is 0. The first-order valence-corrected chi connectivity index (χ1v) is 19.9. The zero-order valence-electron chi connectivity index (χ0n) is 32.3. The van der Waals surface area contributed by atoms with Gasteiger partial charge in [-0.3, -0.25) is 0 Å². The summed E-state index contributed by atoms with van der Waals surface area (Å²) in [5, 5.41) is 5.09. The molecule has 0 unspecified atom stereocenters. The first kappa shape index (κ1) is 32.9. The van der Waals surface area contributed by atoms with Gasteiger partial charge in [-0.25, -0.2) is 0 Å². The van der Waals surface area contributed by atoms with Gasteiger partial charge in [0.05, 0.1) is 0 Å². The molecule has 0 radical (unpaired) electrons. The van der Waals surface area contributed by atoms with Crippen LogP contribution in [0.15, 0.2) is 182 Å². The van der Waals surface area contributed by atoms with Crippen LogP contribution >= 0.6 is 0 Å². The van der Waals surface area contributed by atoms with Crippen molar-refractivity contribution in [3.63, 3.8) is 0 Å². The second-order valence-electron chi connectivity index (χ2n) is 16.9. The van der Waals surface area contributed by atoms with Crippen LogP contribution in [0.2, 0.25) is 0 Å². The highest BCUT2D eigenvalue weighted by molar-refractivity contribution is 6.05. The number of hydrogen-bond donors (Lipinski definition) is 0. The Hall–Kier alpha value is -6.50. The lowest BCUT2D eigenvalue weighted by Crippen LogP contribution is -2.17. The van der Waals surface area contributed by atoms with E-state index in [-0.39, 0.29) is 10.8 Å². The number of rotatable bonds is 4. The van der Waals surface area contributed by atoms with E-state index in [0.717, 1.165) is 0 Å². The van der Waals surface area contributed by atoms with E-state index in [1.165, 1.54) is 111 Å². The molecule has 0 nitrogen and oxygen atoms in total. The largest absolute Gasteiger partial charge is 0.0622 e. The molecule has 266 valence electrons. The average Bonchev–Trinajstić information content (AvgIpc) is 3.60. The van der Waals surface area contributed by atoms with Crippen LogP contribution in [0.1, 0.15) is 49.9 Å². The summed E-state index contributed by atoms with van der Waals surface area (Å²) >= 11 is 0. The number of benzene rings is 9. The van der Waals surface area contributed by atoms with Crippen molar-refractivity contribution in [2.45, 2.75) is 38.5 Å². The first-order valence-electron chi connectivity index (χ1n) is 19.9. The third-order valence-corrected chi connectivity index (χ3v) is 13.1. The van der Waals surface area contributed by atoms with Gasteiger partial charge >= 0.3 is 0 Å². The van der Waals surface area contributed by atoms with Crippen LogP contribution in [0.5, 0.6) is 0 Å². The van der Waals surface area contributed by atoms with E-state index in [0.29, 0.717) is 0 Å². The Bertz CT molecular complexity index is 3050. The summed E-state index contributed by atoms with van der Waals surface area (Å²) in [5.41, 5.74) is 20.9. The third-order valence-electron chi connectivity index (χ3n) is 13.1. The number of hydrogen-bond acceptors (Lipinski definition) is 0. The van der Waals surface area contributed by atoms with E-state index < -0.39 is 0 Å². The van der Waals surface area contributed by atoms with Gasteiger partial charge in [-0.1, -0.05) is 173 Å². The molecule has 0 bridgehead atoms. The molecule has 0 aliphatic heterocycles. The quantitative estimate of drug-likeness (QED) is 0.170. The predicted octanol–water partition coefficient (Wildman–Crippen LogP) is 15.3. The minimum absolute atomic E-state index is 0.153. The van der Waals surface area contributed by atoms with Crippen molar-refractivity contribution in [2.75, 3.05) is 0 Å². The fraction of sp³-hybridized carbons (Fsp3) is 0.107. The number of fused-ring (bicyclic) bond motifs is 8. The van der Waals surface area contributed by atoms with E-state index in [4.69, 9.17) is 0 Å². The van der Waals surface area contributed by atoms with Crippen LogP contribution in [0.3, 0.4) is 0 Å². The van der Waals surface area contributed by atoms with Crippen LogP contribution in [0.25, 0.3) is 88.3 Å². The van der Waals surface area contributed by atoms with Crippen LogP contribution in [0.4, 0.5) is 0 Å². The van der Waals surface area contributed by atoms with Gasteiger partial charge in [0.1, 0.15) is 0 Å². The van der Waals surface area contributed by atoms with Gasteiger partial charge in [0.2, 0.25) is 0 Å². The molecule has 2 aliphatic rings. The minimum atomic E-state index is -0.157. The molecule has 2 aliphatic carbocycles. The molecule has 0 saturated carbocycles. The molecular formula is C56H42. The summed E-state index contributed by atoms with van der Waals surface area (Å²) in [6.07, 6.45) is 0. The van der Waals surface area contributed by atoms with E-state index in [1.54, 1.807) is 0 Å². The molecule has 9 aromatic carbocycles. The normalized spacial score (nSPS) is 14.4. The molecule has 0 aromatic heterocycles. The summed E-state index contributed by atoms with van der Waals surface area (Å²) in [4.78, 5) is 0. The van der Waals surface area contributed by atoms with E-state index in [1.807, 2.05) is 0 Å². The molecule has 0 heterocycles. The Morgan fingerprint density at radius 3 is 1.29 bits per heavy atom. The van der Waals surface area contributed by atoms with Crippen molar-refractivity contribution in [2.24, 2.45) is 0 Å². The van der Waals surface area contributed by atoms with Crippen molar-refractivity contribution < 1.29 is 0 Å². The van der Waals surface area contributed by atoms with Crippen LogP contribution < -0.4 is 0 Å². The summed E-state index contributed by atoms with van der Waals surface area (Å²) in [7, 11) is 0. The van der Waals surface area contributed by atoms with Crippen molar-refractivity contribution >= 4 is 21.5 Å². The lowest BCUT2D eigenvalue weighted by molar-refractivity contribution is 0.652.